The maximum Gasteiger partial charge on any atom is 0.219 e. The summed E-state index contributed by atoms with van der Waals surface area (Å²) in [6.07, 6.45) is 3.82. The van der Waals surface area contributed by atoms with E-state index in [1.807, 2.05) is 35.2 Å². The van der Waals surface area contributed by atoms with Crippen molar-refractivity contribution in [2.75, 3.05) is 0 Å². The predicted molar refractivity (Wildman–Crippen MR) is 94.4 cm³/mol. The molecule has 114 valence electrons. The van der Waals surface area contributed by atoms with Crippen LogP contribution in [-0.4, -0.2) is 15.8 Å². The maximum atomic E-state index is 13.3. The third-order valence-electron chi connectivity index (χ3n) is 3.80. The van der Waals surface area contributed by atoms with Crippen LogP contribution in [0.25, 0.3) is 0 Å². The SMILES string of the molecule is N=C=C1C(=S)NC(=S)C([n+]2ccccc2)C1c1ccc(F)cc1. The van der Waals surface area contributed by atoms with E-state index < -0.39 is 0 Å². The smallest absolute Gasteiger partial charge is 0.219 e. The van der Waals surface area contributed by atoms with Gasteiger partial charge in [0.15, 0.2) is 17.4 Å². The lowest BCUT2D eigenvalue weighted by molar-refractivity contribution is -0.708. The molecule has 0 radical (unpaired) electrons. The van der Waals surface area contributed by atoms with Crippen molar-refractivity contribution in [1.82, 2.24) is 5.32 Å². The highest BCUT2D eigenvalue weighted by atomic mass is 32.1. The van der Waals surface area contributed by atoms with Gasteiger partial charge < -0.3 is 5.32 Å². The Morgan fingerprint density at radius 1 is 1.09 bits per heavy atom. The molecule has 2 aromatic rings. The van der Waals surface area contributed by atoms with E-state index in [9.17, 15) is 4.39 Å². The molecule has 1 aromatic heterocycles. The lowest BCUT2D eigenvalue weighted by atomic mass is 9.82. The Morgan fingerprint density at radius 3 is 2.35 bits per heavy atom. The van der Waals surface area contributed by atoms with Gasteiger partial charge in [0.2, 0.25) is 6.04 Å². The third-order valence-corrected chi connectivity index (χ3v) is 4.47. The molecule has 0 spiro atoms. The topological polar surface area (TPSA) is 39.8 Å². The average molecular weight is 342 g/mol. The minimum atomic E-state index is -0.308. The van der Waals surface area contributed by atoms with E-state index in [-0.39, 0.29) is 17.8 Å². The second-order valence-corrected chi connectivity index (χ2v) is 6.00. The molecule has 0 bridgehead atoms. The Morgan fingerprint density at radius 2 is 1.74 bits per heavy atom. The van der Waals surface area contributed by atoms with Crippen LogP contribution in [-0.2, 0) is 0 Å². The Hall–Kier alpha value is -2.27. The molecule has 0 aliphatic carbocycles. The number of aromatic nitrogens is 1. The first-order valence-electron chi connectivity index (χ1n) is 6.98. The van der Waals surface area contributed by atoms with E-state index in [1.165, 1.54) is 12.1 Å². The Balaban J connectivity index is 2.17. The highest BCUT2D eigenvalue weighted by Gasteiger charge is 2.43. The van der Waals surface area contributed by atoms with Crippen molar-refractivity contribution in [2.45, 2.75) is 12.0 Å². The maximum absolute atomic E-state index is 13.3. The van der Waals surface area contributed by atoms with Gasteiger partial charge in [0.1, 0.15) is 10.8 Å². The monoisotopic (exact) mass is 342 g/mol. The zero-order valence-corrected chi connectivity index (χ0v) is 13.6. The molecule has 6 heteroatoms. The molecule has 0 amide bonds. The van der Waals surface area contributed by atoms with Gasteiger partial charge >= 0.3 is 0 Å². The summed E-state index contributed by atoms with van der Waals surface area (Å²) in [5.74, 6) is 1.84. The van der Waals surface area contributed by atoms with E-state index >= 15 is 0 Å². The second kappa shape index (κ2) is 6.46. The summed E-state index contributed by atoms with van der Waals surface area (Å²) in [5.41, 5.74) is 1.38. The van der Waals surface area contributed by atoms with Crippen LogP contribution in [0.2, 0.25) is 0 Å². The number of piperidine rings is 1. The number of halogens is 1. The largest absolute Gasteiger partial charge is 0.335 e. The number of pyridine rings is 1. The fraction of sp³-hybridized carbons (Fsp3) is 0.118. The number of hydrogen-bond donors (Lipinski definition) is 2. The fourth-order valence-corrected chi connectivity index (χ4v) is 3.47. The molecule has 2 N–H and O–H groups in total. The molecule has 3 rings (SSSR count). The number of hydrogen-bond acceptors (Lipinski definition) is 3. The van der Waals surface area contributed by atoms with Gasteiger partial charge in [-0.3, -0.25) is 5.41 Å². The molecule has 1 fully saturated rings. The van der Waals surface area contributed by atoms with Gasteiger partial charge in [-0.1, -0.05) is 42.6 Å². The Bertz CT molecular complexity index is 811. The van der Waals surface area contributed by atoms with Gasteiger partial charge in [-0.15, -0.1) is 0 Å². The van der Waals surface area contributed by atoms with Crippen molar-refractivity contribution in [3.63, 3.8) is 0 Å². The zero-order chi connectivity index (χ0) is 16.4. The van der Waals surface area contributed by atoms with Crippen molar-refractivity contribution in [1.29, 1.82) is 5.41 Å². The molecular weight excluding hydrogens is 329 g/mol. The van der Waals surface area contributed by atoms with Crippen LogP contribution in [0.4, 0.5) is 4.39 Å². The molecular formula is C17H13FN3S2+. The molecule has 1 aliphatic rings. The van der Waals surface area contributed by atoms with Gasteiger partial charge in [0, 0.05) is 12.1 Å². The first-order valence-corrected chi connectivity index (χ1v) is 7.79. The Kier molecular flexibility index (Phi) is 4.39. The van der Waals surface area contributed by atoms with Crippen molar-refractivity contribution < 1.29 is 8.96 Å². The highest BCUT2D eigenvalue weighted by Crippen LogP contribution is 2.35. The van der Waals surface area contributed by atoms with Crippen molar-refractivity contribution in [3.8, 4) is 0 Å². The minimum absolute atomic E-state index is 0.254. The van der Waals surface area contributed by atoms with E-state index in [1.54, 1.807) is 12.1 Å². The average Bonchev–Trinajstić information content (AvgIpc) is 2.56. The number of benzene rings is 1. The molecule has 1 aliphatic heterocycles. The van der Waals surface area contributed by atoms with Crippen LogP contribution in [0, 0.1) is 11.2 Å². The third kappa shape index (κ3) is 2.97. The molecule has 2 atom stereocenters. The summed E-state index contributed by atoms with van der Waals surface area (Å²) in [6.45, 7) is 0. The second-order valence-electron chi connectivity index (χ2n) is 5.15. The van der Waals surface area contributed by atoms with Gasteiger partial charge in [-0.25, -0.2) is 4.39 Å². The summed E-state index contributed by atoms with van der Waals surface area (Å²) in [5, 5.41) is 10.6. The molecule has 23 heavy (non-hydrogen) atoms. The summed E-state index contributed by atoms with van der Waals surface area (Å²) >= 11 is 10.8. The summed E-state index contributed by atoms with van der Waals surface area (Å²) in [7, 11) is 0. The van der Waals surface area contributed by atoms with Crippen LogP contribution in [0.5, 0.6) is 0 Å². The molecule has 0 saturated carbocycles. The summed E-state index contributed by atoms with van der Waals surface area (Å²) in [4.78, 5) is 0.964. The van der Waals surface area contributed by atoms with Gasteiger partial charge in [0.25, 0.3) is 0 Å². The van der Waals surface area contributed by atoms with E-state index in [4.69, 9.17) is 29.8 Å². The van der Waals surface area contributed by atoms with Crippen LogP contribution in [0.3, 0.4) is 0 Å². The highest BCUT2D eigenvalue weighted by molar-refractivity contribution is 7.82. The molecule has 2 heterocycles. The van der Waals surface area contributed by atoms with Gasteiger partial charge in [-0.2, -0.15) is 4.57 Å². The van der Waals surface area contributed by atoms with Crippen LogP contribution >= 0.6 is 24.4 Å². The number of rotatable bonds is 2. The zero-order valence-electron chi connectivity index (χ0n) is 12.0. The molecule has 2 unspecified atom stereocenters. The number of nitrogens with one attached hydrogen (secondary N) is 2. The number of thiocarbonyl (C=S) groups is 2. The van der Waals surface area contributed by atoms with E-state index in [2.05, 4.69) is 11.2 Å². The normalized spacial score (nSPS) is 20.8. The van der Waals surface area contributed by atoms with Crippen molar-refractivity contribution in [3.05, 3.63) is 71.8 Å². The summed E-state index contributed by atoms with van der Waals surface area (Å²) < 4.78 is 15.2. The first-order chi connectivity index (χ1) is 11.1. The molecule has 3 nitrogen and oxygen atoms in total. The van der Waals surface area contributed by atoms with E-state index in [0.29, 0.717) is 15.6 Å². The lowest BCUT2D eigenvalue weighted by Crippen LogP contribution is -2.55. The van der Waals surface area contributed by atoms with Crippen LogP contribution in [0.15, 0.2) is 60.4 Å². The van der Waals surface area contributed by atoms with Gasteiger partial charge in [0.05, 0.1) is 11.5 Å². The molecule has 1 aromatic carbocycles. The minimum Gasteiger partial charge on any atom is -0.335 e. The lowest BCUT2D eigenvalue weighted by Gasteiger charge is -2.30. The van der Waals surface area contributed by atoms with Gasteiger partial charge in [-0.05, 0) is 23.6 Å². The fourth-order valence-electron chi connectivity index (χ4n) is 2.76. The van der Waals surface area contributed by atoms with Crippen molar-refractivity contribution in [2.24, 2.45) is 0 Å². The summed E-state index contributed by atoms with van der Waals surface area (Å²) in [6, 6.07) is 11.7. The Labute approximate surface area is 144 Å². The van der Waals surface area contributed by atoms with Crippen LogP contribution < -0.4 is 9.88 Å². The standard InChI is InChI=1S/C17H12FN3S2/c18-12-6-4-11(5-7-12)14-13(10-19)16(22)20-17(23)15(14)21-8-2-1-3-9-21/h1-9,14-15,19H/p+1. The predicted octanol–water partition coefficient (Wildman–Crippen LogP) is 2.87. The van der Waals surface area contributed by atoms with Crippen molar-refractivity contribution >= 4 is 40.3 Å². The quantitative estimate of drug-likeness (QED) is 0.382. The molecule has 1 saturated heterocycles. The van der Waals surface area contributed by atoms with Crippen LogP contribution in [0.1, 0.15) is 17.5 Å². The van der Waals surface area contributed by atoms with E-state index in [0.717, 1.165) is 5.56 Å². The first kappa shape index (κ1) is 15.6. The number of nitrogens with zero attached hydrogens (tertiary/aromatic N) is 1.